The highest BCUT2D eigenvalue weighted by molar-refractivity contribution is 7.84. The van der Waals surface area contributed by atoms with Gasteiger partial charge in [0.15, 0.2) is 0 Å². The molecule has 0 aromatic carbocycles. The zero-order valence-electron chi connectivity index (χ0n) is 12.1. The Hall–Kier alpha value is -0.0100. The third-order valence-electron chi connectivity index (χ3n) is 4.64. The van der Waals surface area contributed by atoms with Crippen LogP contribution in [0, 0.1) is 5.92 Å². The molecule has 1 heterocycles. The van der Waals surface area contributed by atoms with Gasteiger partial charge >= 0.3 is 0 Å². The van der Waals surface area contributed by atoms with Gasteiger partial charge in [0.25, 0.3) is 0 Å². The molecule has 1 atom stereocenters. The molecule has 0 N–H and O–H groups in total. The van der Waals surface area contributed by atoms with Crippen LogP contribution >= 0.6 is 0 Å². The Morgan fingerprint density at radius 1 is 0.900 bits per heavy atom. The van der Waals surface area contributed by atoms with Gasteiger partial charge < -0.3 is 0 Å². The Bertz CT molecular complexity index is 347. The van der Waals surface area contributed by atoms with Gasteiger partial charge in [-0.25, -0.2) is 0 Å². The Labute approximate surface area is 122 Å². The summed E-state index contributed by atoms with van der Waals surface area (Å²) in [6, 6.07) is 0. The molecule has 20 heavy (non-hydrogen) atoms. The van der Waals surface area contributed by atoms with Crippen molar-refractivity contribution in [3.8, 4) is 0 Å². The van der Waals surface area contributed by atoms with E-state index in [2.05, 4.69) is 0 Å². The van der Waals surface area contributed by atoms with Gasteiger partial charge in [0.2, 0.25) is 11.6 Å². The molecule has 116 valence electrons. The molecule has 0 radical (unpaired) electrons. The van der Waals surface area contributed by atoms with E-state index in [1.807, 2.05) is 0 Å². The molecule has 5 nitrogen and oxygen atoms in total. The second kappa shape index (κ2) is 6.01. The van der Waals surface area contributed by atoms with Crippen LogP contribution in [0.2, 0.25) is 0 Å². The van der Waals surface area contributed by atoms with E-state index in [1.54, 1.807) is 6.26 Å². The van der Waals surface area contributed by atoms with Crippen LogP contribution in [0.25, 0.3) is 0 Å². The zero-order valence-corrected chi connectivity index (χ0v) is 12.9. The third kappa shape index (κ3) is 3.25. The van der Waals surface area contributed by atoms with Gasteiger partial charge in [-0.2, -0.15) is 19.6 Å². The highest BCUT2D eigenvalue weighted by Gasteiger charge is 2.50. The van der Waals surface area contributed by atoms with Gasteiger partial charge in [-0.3, -0.25) is 4.21 Å². The molecule has 0 bridgehead atoms. The lowest BCUT2D eigenvalue weighted by atomic mass is 9.86. The van der Waals surface area contributed by atoms with Gasteiger partial charge in [0.1, 0.15) is 0 Å². The predicted molar refractivity (Wildman–Crippen MR) is 73.8 cm³/mol. The standard InChI is InChI=1S/C14H24O5S/c1-20(15)11-12-5-9-14(10-6-12)18-16-13(17-19-14)7-3-2-4-8-13/h12H,2-11H2,1H3. The minimum absolute atomic E-state index is 0.490. The second-order valence-electron chi connectivity index (χ2n) is 6.40. The topological polar surface area (TPSA) is 54.0 Å². The van der Waals surface area contributed by atoms with Crippen LogP contribution in [0.3, 0.4) is 0 Å². The lowest BCUT2D eigenvalue weighted by Gasteiger charge is -2.46. The first kappa shape index (κ1) is 14.9. The summed E-state index contributed by atoms with van der Waals surface area (Å²) in [5.41, 5.74) is 0. The predicted octanol–water partition coefficient (Wildman–Crippen LogP) is 2.82. The van der Waals surface area contributed by atoms with Crippen molar-refractivity contribution in [2.45, 2.75) is 69.4 Å². The summed E-state index contributed by atoms with van der Waals surface area (Å²) < 4.78 is 11.3. The Morgan fingerprint density at radius 3 is 1.90 bits per heavy atom. The van der Waals surface area contributed by atoms with Crippen LogP contribution in [-0.4, -0.2) is 27.8 Å². The van der Waals surface area contributed by atoms with Gasteiger partial charge in [-0.1, -0.05) is 6.42 Å². The lowest BCUT2D eigenvalue weighted by molar-refractivity contribution is -0.662. The fourth-order valence-corrected chi connectivity index (χ4v) is 4.37. The highest BCUT2D eigenvalue weighted by atomic mass is 32.2. The molecule has 6 heteroatoms. The molecule has 1 unspecified atom stereocenters. The molecule has 0 aromatic heterocycles. The minimum atomic E-state index is -0.742. The molecule has 1 saturated heterocycles. The van der Waals surface area contributed by atoms with E-state index in [0.29, 0.717) is 5.92 Å². The van der Waals surface area contributed by atoms with Gasteiger partial charge in [0.05, 0.1) is 0 Å². The summed E-state index contributed by atoms with van der Waals surface area (Å²) in [5.74, 6) is -0.161. The molecule has 2 spiro atoms. The van der Waals surface area contributed by atoms with Crippen molar-refractivity contribution in [3.05, 3.63) is 0 Å². The summed E-state index contributed by atoms with van der Waals surface area (Å²) in [7, 11) is -0.733. The molecular weight excluding hydrogens is 280 g/mol. The van der Waals surface area contributed by atoms with Gasteiger partial charge in [0, 0.05) is 48.5 Å². The van der Waals surface area contributed by atoms with E-state index >= 15 is 0 Å². The zero-order chi connectivity index (χ0) is 14.1. The van der Waals surface area contributed by atoms with Crippen LogP contribution < -0.4 is 0 Å². The number of hydrogen-bond acceptors (Lipinski definition) is 5. The molecule has 1 aliphatic heterocycles. The lowest BCUT2D eigenvalue weighted by Crippen LogP contribution is -2.52. The van der Waals surface area contributed by atoms with Crippen molar-refractivity contribution < 1.29 is 23.8 Å². The first-order chi connectivity index (χ1) is 9.62. The number of hydrogen-bond donors (Lipinski definition) is 0. The molecule has 2 saturated carbocycles. The molecule has 3 rings (SSSR count). The summed E-state index contributed by atoms with van der Waals surface area (Å²) in [6.07, 6.45) is 10.2. The Kier molecular flexibility index (Phi) is 4.48. The highest BCUT2D eigenvalue weighted by Crippen LogP contribution is 2.44. The molecule has 3 aliphatic rings. The van der Waals surface area contributed by atoms with Crippen molar-refractivity contribution in [1.82, 2.24) is 0 Å². The minimum Gasteiger partial charge on any atom is -0.260 e. The maximum atomic E-state index is 11.3. The van der Waals surface area contributed by atoms with Gasteiger partial charge in [-0.05, 0) is 31.6 Å². The second-order valence-corrected chi connectivity index (χ2v) is 7.88. The SMILES string of the molecule is CS(=O)CC1CCC2(CC1)OOC1(CCCCC1)OO2. The average Bonchev–Trinajstić information content (AvgIpc) is 2.46. The van der Waals surface area contributed by atoms with Crippen LogP contribution in [-0.2, 0) is 30.3 Å². The smallest absolute Gasteiger partial charge is 0.234 e. The van der Waals surface area contributed by atoms with E-state index in [4.69, 9.17) is 19.6 Å². The summed E-state index contributed by atoms with van der Waals surface area (Å²) in [5, 5.41) is 0. The van der Waals surface area contributed by atoms with Crippen LogP contribution in [0.1, 0.15) is 57.8 Å². The Morgan fingerprint density at radius 2 is 1.40 bits per heavy atom. The molecule has 2 aliphatic carbocycles. The molecule has 0 aromatic rings. The van der Waals surface area contributed by atoms with E-state index in [-0.39, 0.29) is 0 Å². The van der Waals surface area contributed by atoms with Crippen LogP contribution in [0.5, 0.6) is 0 Å². The molecular formula is C14H24O5S. The largest absolute Gasteiger partial charge is 0.260 e. The first-order valence-electron chi connectivity index (χ1n) is 7.65. The summed E-state index contributed by atoms with van der Waals surface area (Å²) in [6.45, 7) is 0. The van der Waals surface area contributed by atoms with Gasteiger partial charge in [-0.15, -0.1) is 0 Å². The van der Waals surface area contributed by atoms with E-state index in [1.165, 1.54) is 6.42 Å². The fraction of sp³-hybridized carbons (Fsp3) is 1.00. The van der Waals surface area contributed by atoms with Crippen LogP contribution in [0.4, 0.5) is 0 Å². The normalized spacial score (nSPS) is 31.4. The van der Waals surface area contributed by atoms with E-state index < -0.39 is 22.4 Å². The first-order valence-corrected chi connectivity index (χ1v) is 9.38. The quantitative estimate of drug-likeness (QED) is 0.734. The molecule has 3 fully saturated rings. The van der Waals surface area contributed by atoms with Crippen molar-refractivity contribution in [2.24, 2.45) is 5.92 Å². The third-order valence-corrected chi connectivity index (χ3v) is 5.58. The van der Waals surface area contributed by atoms with Crippen molar-refractivity contribution in [2.75, 3.05) is 12.0 Å². The average molecular weight is 304 g/mol. The van der Waals surface area contributed by atoms with Crippen molar-refractivity contribution in [3.63, 3.8) is 0 Å². The number of rotatable bonds is 2. The maximum absolute atomic E-state index is 11.3. The van der Waals surface area contributed by atoms with E-state index in [0.717, 1.165) is 57.1 Å². The molecule has 0 amide bonds. The maximum Gasteiger partial charge on any atom is 0.234 e. The van der Waals surface area contributed by atoms with Crippen LogP contribution in [0.15, 0.2) is 0 Å². The summed E-state index contributed by atoms with van der Waals surface area (Å²) in [4.78, 5) is 22.5. The van der Waals surface area contributed by atoms with Crippen molar-refractivity contribution in [1.29, 1.82) is 0 Å². The fourth-order valence-electron chi connectivity index (χ4n) is 3.37. The summed E-state index contributed by atoms with van der Waals surface area (Å²) >= 11 is 0. The monoisotopic (exact) mass is 304 g/mol. The Balaban J connectivity index is 1.52. The van der Waals surface area contributed by atoms with E-state index in [9.17, 15) is 4.21 Å². The van der Waals surface area contributed by atoms with Crippen molar-refractivity contribution >= 4 is 10.8 Å².